The van der Waals surface area contributed by atoms with Gasteiger partial charge in [-0.25, -0.2) is 5.43 Å². The Labute approximate surface area is 159 Å². The summed E-state index contributed by atoms with van der Waals surface area (Å²) in [6.07, 6.45) is 1.25. The van der Waals surface area contributed by atoms with Crippen LogP contribution in [0.2, 0.25) is 0 Å². The molecule has 146 valence electrons. The highest BCUT2D eigenvalue weighted by molar-refractivity contribution is 5.96. The second kappa shape index (κ2) is 8.25. The number of methoxy groups -OCH3 is 2. The quantitative estimate of drug-likeness (QED) is 0.458. The molecule has 0 fully saturated rings. The van der Waals surface area contributed by atoms with E-state index in [2.05, 4.69) is 10.5 Å². The van der Waals surface area contributed by atoms with Crippen LogP contribution in [0, 0.1) is 10.1 Å². The van der Waals surface area contributed by atoms with Crippen molar-refractivity contribution in [3.8, 4) is 23.0 Å². The first-order valence-electron chi connectivity index (χ1n) is 8.17. The molecule has 1 N–H and O–H groups in total. The second-order valence-corrected chi connectivity index (χ2v) is 5.58. The van der Waals surface area contributed by atoms with Crippen LogP contribution in [0.3, 0.4) is 0 Å². The minimum Gasteiger partial charge on any atom is -0.496 e. The number of ether oxygens (including phenoxy) is 4. The van der Waals surface area contributed by atoms with E-state index in [1.54, 1.807) is 18.2 Å². The molecule has 0 aliphatic carbocycles. The number of hydrogen-bond donors (Lipinski definition) is 1. The Balaban J connectivity index is 1.77. The maximum Gasteiger partial charge on any atom is 0.311 e. The van der Waals surface area contributed by atoms with Crippen LogP contribution in [0.1, 0.15) is 15.9 Å². The maximum absolute atomic E-state index is 12.3. The number of benzene rings is 2. The predicted molar refractivity (Wildman–Crippen MR) is 98.7 cm³/mol. The van der Waals surface area contributed by atoms with Gasteiger partial charge in [0.15, 0.2) is 11.5 Å². The first kappa shape index (κ1) is 19.0. The molecule has 0 saturated heterocycles. The third-order valence-electron chi connectivity index (χ3n) is 3.90. The van der Waals surface area contributed by atoms with Crippen LogP contribution in [0.4, 0.5) is 5.69 Å². The lowest BCUT2D eigenvalue weighted by Gasteiger charge is -2.18. The Morgan fingerprint density at radius 3 is 2.54 bits per heavy atom. The number of nitrogens with zero attached hydrogens (tertiary/aromatic N) is 2. The summed E-state index contributed by atoms with van der Waals surface area (Å²) in [5.41, 5.74) is 2.74. The summed E-state index contributed by atoms with van der Waals surface area (Å²) in [5, 5.41) is 15.0. The number of nitro benzene ring substituents is 1. The van der Waals surface area contributed by atoms with Crippen LogP contribution in [0.25, 0.3) is 0 Å². The van der Waals surface area contributed by atoms with E-state index in [4.69, 9.17) is 18.9 Å². The number of hydrazone groups is 1. The average Bonchev–Trinajstić information content (AvgIpc) is 2.72. The topological polar surface area (TPSA) is 122 Å². The lowest BCUT2D eigenvalue weighted by molar-refractivity contribution is -0.385. The van der Waals surface area contributed by atoms with Gasteiger partial charge in [-0.15, -0.1) is 0 Å². The lowest BCUT2D eigenvalue weighted by Crippen LogP contribution is -2.19. The molecule has 28 heavy (non-hydrogen) atoms. The van der Waals surface area contributed by atoms with E-state index in [-0.39, 0.29) is 11.4 Å². The highest BCUT2D eigenvalue weighted by Gasteiger charge is 2.19. The molecule has 10 nitrogen and oxygen atoms in total. The van der Waals surface area contributed by atoms with E-state index in [0.717, 1.165) is 0 Å². The molecule has 0 bridgehead atoms. The predicted octanol–water partition coefficient (Wildman–Crippen LogP) is 2.15. The minimum atomic E-state index is -0.580. The van der Waals surface area contributed by atoms with Crippen LogP contribution in [-0.4, -0.2) is 44.5 Å². The van der Waals surface area contributed by atoms with Gasteiger partial charge in [0.1, 0.15) is 19.0 Å². The van der Waals surface area contributed by atoms with Crippen molar-refractivity contribution in [2.45, 2.75) is 0 Å². The molecule has 0 radical (unpaired) electrons. The highest BCUT2D eigenvalue weighted by Crippen LogP contribution is 2.33. The number of rotatable bonds is 6. The summed E-state index contributed by atoms with van der Waals surface area (Å²) in [6, 6.07) is 7.40. The summed E-state index contributed by atoms with van der Waals surface area (Å²) in [5.74, 6) is 0.936. The molecule has 3 rings (SSSR count). The largest absolute Gasteiger partial charge is 0.496 e. The van der Waals surface area contributed by atoms with Gasteiger partial charge >= 0.3 is 5.69 Å². The van der Waals surface area contributed by atoms with Gasteiger partial charge in [-0.3, -0.25) is 14.9 Å². The van der Waals surface area contributed by atoms with Gasteiger partial charge in [0, 0.05) is 23.3 Å². The summed E-state index contributed by atoms with van der Waals surface area (Å²) in [6.45, 7) is 0.866. The van der Waals surface area contributed by atoms with Crippen LogP contribution in [0.15, 0.2) is 35.4 Å². The number of carbonyl (C=O) groups excluding carboxylic acids is 1. The van der Waals surface area contributed by atoms with Gasteiger partial charge in [0.25, 0.3) is 5.91 Å². The number of hydrogen-bond acceptors (Lipinski definition) is 8. The molecule has 0 unspecified atom stereocenters. The maximum atomic E-state index is 12.3. The number of fused-ring (bicyclic) bond motifs is 1. The van der Waals surface area contributed by atoms with Crippen molar-refractivity contribution in [3.63, 3.8) is 0 Å². The monoisotopic (exact) mass is 387 g/mol. The molecule has 0 spiro atoms. The number of carbonyl (C=O) groups is 1. The molecule has 2 aromatic carbocycles. The van der Waals surface area contributed by atoms with Gasteiger partial charge in [0.05, 0.1) is 25.4 Å². The number of nitrogens with one attached hydrogen (secondary N) is 1. The van der Waals surface area contributed by atoms with Crippen LogP contribution in [0.5, 0.6) is 23.0 Å². The highest BCUT2D eigenvalue weighted by atomic mass is 16.6. The van der Waals surface area contributed by atoms with Gasteiger partial charge in [0.2, 0.25) is 5.75 Å². The fourth-order valence-electron chi connectivity index (χ4n) is 2.56. The Bertz CT molecular complexity index is 943. The number of nitro groups is 1. The molecule has 1 heterocycles. The third-order valence-corrected chi connectivity index (χ3v) is 3.90. The molecule has 10 heteroatoms. The summed E-state index contributed by atoms with van der Waals surface area (Å²) >= 11 is 0. The van der Waals surface area contributed by atoms with Crippen LogP contribution in [-0.2, 0) is 0 Å². The zero-order chi connectivity index (χ0) is 20.1. The van der Waals surface area contributed by atoms with E-state index in [0.29, 0.717) is 41.6 Å². The van der Waals surface area contributed by atoms with Crippen molar-refractivity contribution in [3.05, 3.63) is 51.6 Å². The van der Waals surface area contributed by atoms with Crippen molar-refractivity contribution in [2.24, 2.45) is 5.10 Å². The first-order valence-corrected chi connectivity index (χ1v) is 8.17. The Hall–Kier alpha value is -3.82. The molecule has 0 atom stereocenters. The molecule has 1 aliphatic rings. The normalized spacial score (nSPS) is 12.5. The smallest absolute Gasteiger partial charge is 0.311 e. The zero-order valence-corrected chi connectivity index (χ0v) is 15.1. The first-order chi connectivity index (χ1) is 13.5. The van der Waals surface area contributed by atoms with Crippen molar-refractivity contribution in [1.29, 1.82) is 0 Å². The second-order valence-electron chi connectivity index (χ2n) is 5.58. The fourth-order valence-corrected chi connectivity index (χ4v) is 2.56. The minimum absolute atomic E-state index is 0.0549. The Kier molecular flexibility index (Phi) is 5.58. The van der Waals surface area contributed by atoms with Gasteiger partial charge < -0.3 is 18.9 Å². The van der Waals surface area contributed by atoms with Gasteiger partial charge in [-0.2, -0.15) is 5.10 Å². The Morgan fingerprint density at radius 2 is 1.86 bits per heavy atom. The molecular formula is C18H17N3O7. The lowest BCUT2D eigenvalue weighted by atomic mass is 10.1. The van der Waals surface area contributed by atoms with Crippen LogP contribution >= 0.6 is 0 Å². The molecule has 2 aromatic rings. The number of amides is 1. The third kappa shape index (κ3) is 3.95. The molecule has 0 saturated carbocycles. The van der Waals surface area contributed by atoms with Gasteiger partial charge in [-0.1, -0.05) is 0 Å². The molecular weight excluding hydrogens is 370 g/mol. The van der Waals surface area contributed by atoms with E-state index in [1.165, 1.54) is 32.6 Å². The molecule has 1 amide bonds. The van der Waals surface area contributed by atoms with E-state index in [1.807, 2.05) is 0 Å². The molecule has 1 aliphatic heterocycles. The van der Waals surface area contributed by atoms with Gasteiger partial charge in [-0.05, 0) is 18.2 Å². The van der Waals surface area contributed by atoms with Crippen molar-refractivity contribution in [1.82, 2.24) is 5.43 Å². The van der Waals surface area contributed by atoms with E-state index < -0.39 is 10.8 Å². The van der Waals surface area contributed by atoms with E-state index >= 15 is 0 Å². The Morgan fingerprint density at radius 1 is 1.14 bits per heavy atom. The van der Waals surface area contributed by atoms with Crippen molar-refractivity contribution < 1.29 is 28.7 Å². The fraction of sp³-hybridized carbons (Fsp3) is 0.222. The van der Waals surface area contributed by atoms with Crippen molar-refractivity contribution in [2.75, 3.05) is 27.4 Å². The summed E-state index contributed by atoms with van der Waals surface area (Å²) < 4.78 is 21.0. The van der Waals surface area contributed by atoms with E-state index in [9.17, 15) is 14.9 Å². The standard InChI is InChI=1S/C18H17N3O7/c1-25-15-9-16(26-2)13(21(23)24)7-12(15)10-19-20-18(22)11-3-4-14-17(8-11)28-6-5-27-14/h3-4,7-10H,5-6H2,1-2H3,(H,20,22)/b19-10-. The van der Waals surface area contributed by atoms with Crippen molar-refractivity contribution >= 4 is 17.8 Å². The molecule has 0 aromatic heterocycles. The van der Waals surface area contributed by atoms with Crippen LogP contribution < -0.4 is 24.4 Å². The summed E-state index contributed by atoms with van der Waals surface area (Å²) in [7, 11) is 2.73. The zero-order valence-electron chi connectivity index (χ0n) is 15.1. The average molecular weight is 387 g/mol. The SMILES string of the molecule is COc1cc(OC)c([N+](=O)[O-])cc1/C=N\NC(=O)c1ccc2c(c1)OCCO2. The summed E-state index contributed by atoms with van der Waals surface area (Å²) in [4.78, 5) is 22.9.